The van der Waals surface area contributed by atoms with Gasteiger partial charge in [-0.15, -0.1) is 0 Å². The van der Waals surface area contributed by atoms with Crippen molar-refractivity contribution < 1.29 is 14.6 Å². The van der Waals surface area contributed by atoms with Crippen LogP contribution in [0.5, 0.6) is 5.75 Å². The van der Waals surface area contributed by atoms with Crippen LogP contribution in [0.2, 0.25) is 0 Å². The minimum absolute atomic E-state index is 0.0193. The summed E-state index contributed by atoms with van der Waals surface area (Å²) in [6, 6.07) is 9.54. The van der Waals surface area contributed by atoms with Gasteiger partial charge in [0.2, 0.25) is 0 Å². The first-order valence-electron chi connectivity index (χ1n) is 8.67. The maximum Gasteiger partial charge on any atom is 0.307 e. The van der Waals surface area contributed by atoms with Crippen LogP contribution in [-0.2, 0) is 16.6 Å². The standard InChI is InChI=1S/C22H23NO3/c1-21(2)14-22(3,4)26-19-10-7-15(11-18(19)21)5-8-17-9-6-16(13-23-17)12-20(24)25/h6-7,9-11,13H,12,14H2,1-4H3,(H,24,25). The fourth-order valence-electron chi connectivity index (χ4n) is 3.63. The Labute approximate surface area is 154 Å². The molecule has 134 valence electrons. The third kappa shape index (κ3) is 4.05. The topological polar surface area (TPSA) is 59.4 Å². The van der Waals surface area contributed by atoms with Gasteiger partial charge in [-0.25, -0.2) is 4.98 Å². The second-order valence-corrected chi connectivity index (χ2v) is 8.01. The maximum atomic E-state index is 10.7. The predicted molar refractivity (Wildman–Crippen MR) is 100 cm³/mol. The highest BCUT2D eigenvalue weighted by Gasteiger charge is 2.38. The van der Waals surface area contributed by atoms with E-state index in [0.29, 0.717) is 11.3 Å². The van der Waals surface area contributed by atoms with Crippen molar-refractivity contribution in [3.8, 4) is 17.6 Å². The van der Waals surface area contributed by atoms with Gasteiger partial charge in [-0.2, -0.15) is 0 Å². The highest BCUT2D eigenvalue weighted by molar-refractivity contribution is 5.70. The molecule has 1 aliphatic heterocycles. The molecular weight excluding hydrogens is 326 g/mol. The third-order valence-electron chi connectivity index (χ3n) is 4.48. The number of aliphatic carboxylic acids is 1. The van der Waals surface area contributed by atoms with Crippen molar-refractivity contribution >= 4 is 5.97 Å². The number of aromatic nitrogens is 1. The van der Waals surface area contributed by atoms with Crippen LogP contribution in [0.1, 0.15) is 56.5 Å². The number of ether oxygens (including phenoxy) is 1. The Morgan fingerprint density at radius 3 is 2.62 bits per heavy atom. The molecule has 26 heavy (non-hydrogen) atoms. The summed E-state index contributed by atoms with van der Waals surface area (Å²) in [6.07, 6.45) is 2.47. The van der Waals surface area contributed by atoms with Crippen LogP contribution in [0.4, 0.5) is 0 Å². The van der Waals surface area contributed by atoms with E-state index >= 15 is 0 Å². The molecule has 0 saturated heterocycles. The number of benzene rings is 1. The van der Waals surface area contributed by atoms with E-state index in [0.717, 1.165) is 17.7 Å². The Bertz CT molecular complexity index is 899. The molecule has 2 aromatic rings. The minimum Gasteiger partial charge on any atom is -0.488 e. The molecular formula is C22H23NO3. The Morgan fingerprint density at radius 2 is 1.96 bits per heavy atom. The van der Waals surface area contributed by atoms with Gasteiger partial charge in [0.15, 0.2) is 0 Å². The molecule has 0 radical (unpaired) electrons. The smallest absolute Gasteiger partial charge is 0.307 e. The number of carboxylic acids is 1. The van der Waals surface area contributed by atoms with Crippen molar-refractivity contribution in [2.45, 2.75) is 51.6 Å². The molecule has 0 unspecified atom stereocenters. The molecule has 1 aromatic heterocycles. The van der Waals surface area contributed by atoms with Gasteiger partial charge in [0, 0.05) is 17.3 Å². The first-order valence-corrected chi connectivity index (χ1v) is 8.67. The van der Waals surface area contributed by atoms with E-state index in [-0.39, 0.29) is 17.4 Å². The first-order chi connectivity index (χ1) is 12.1. The van der Waals surface area contributed by atoms with Crippen molar-refractivity contribution in [1.82, 2.24) is 4.98 Å². The summed E-state index contributed by atoms with van der Waals surface area (Å²) in [5.41, 5.74) is 3.22. The molecule has 0 atom stereocenters. The third-order valence-corrected chi connectivity index (χ3v) is 4.48. The molecule has 0 bridgehead atoms. The predicted octanol–water partition coefficient (Wildman–Crippen LogP) is 3.95. The van der Waals surface area contributed by atoms with Crippen molar-refractivity contribution in [2.75, 3.05) is 0 Å². The number of fused-ring (bicyclic) bond motifs is 1. The SMILES string of the molecule is CC1(C)CC(C)(C)c2cc(C#Cc3ccc(CC(=O)O)cn3)ccc2O1. The van der Waals surface area contributed by atoms with Crippen molar-refractivity contribution in [3.05, 3.63) is 58.9 Å². The fourth-order valence-corrected chi connectivity index (χ4v) is 3.63. The average molecular weight is 349 g/mol. The van der Waals surface area contributed by atoms with Crippen LogP contribution in [0.3, 0.4) is 0 Å². The summed E-state index contributed by atoms with van der Waals surface area (Å²) in [5.74, 6) is 6.24. The molecule has 0 aliphatic carbocycles. The van der Waals surface area contributed by atoms with Crippen LogP contribution in [0.25, 0.3) is 0 Å². The van der Waals surface area contributed by atoms with E-state index in [4.69, 9.17) is 9.84 Å². The highest BCUT2D eigenvalue weighted by Crippen LogP contribution is 2.44. The number of carbonyl (C=O) groups is 1. The Hall–Kier alpha value is -2.80. The Morgan fingerprint density at radius 1 is 1.19 bits per heavy atom. The number of carboxylic acid groups (broad SMARTS) is 1. The minimum atomic E-state index is -0.868. The lowest BCUT2D eigenvalue weighted by molar-refractivity contribution is -0.136. The zero-order chi connectivity index (χ0) is 18.9. The molecule has 1 N–H and O–H groups in total. The number of pyridine rings is 1. The average Bonchev–Trinajstić information content (AvgIpc) is 2.52. The van der Waals surface area contributed by atoms with E-state index in [1.54, 1.807) is 18.3 Å². The molecule has 1 aromatic carbocycles. The van der Waals surface area contributed by atoms with Gasteiger partial charge < -0.3 is 9.84 Å². The number of hydrogen-bond acceptors (Lipinski definition) is 3. The number of rotatable bonds is 2. The number of nitrogens with zero attached hydrogens (tertiary/aromatic N) is 1. The normalized spacial score (nSPS) is 16.6. The second kappa shape index (κ2) is 6.49. The lowest BCUT2D eigenvalue weighted by Gasteiger charge is -2.42. The van der Waals surface area contributed by atoms with Gasteiger partial charge in [-0.1, -0.05) is 25.8 Å². The largest absolute Gasteiger partial charge is 0.488 e. The molecule has 3 rings (SSSR count). The zero-order valence-corrected chi connectivity index (χ0v) is 15.6. The first kappa shape index (κ1) is 18.0. The summed E-state index contributed by atoms with van der Waals surface area (Å²) in [6.45, 7) is 8.70. The van der Waals surface area contributed by atoms with E-state index in [1.165, 1.54) is 5.56 Å². The van der Waals surface area contributed by atoms with Crippen LogP contribution in [0, 0.1) is 11.8 Å². The molecule has 4 heteroatoms. The molecule has 0 amide bonds. The van der Waals surface area contributed by atoms with E-state index in [2.05, 4.69) is 50.6 Å². The number of hydrogen-bond donors (Lipinski definition) is 1. The van der Waals surface area contributed by atoms with Crippen molar-refractivity contribution in [1.29, 1.82) is 0 Å². The van der Waals surface area contributed by atoms with E-state index in [9.17, 15) is 4.79 Å². The lowest BCUT2D eigenvalue weighted by atomic mass is 9.73. The van der Waals surface area contributed by atoms with E-state index in [1.807, 2.05) is 12.1 Å². The zero-order valence-electron chi connectivity index (χ0n) is 15.6. The van der Waals surface area contributed by atoms with Gasteiger partial charge in [-0.05, 0) is 61.4 Å². The summed E-state index contributed by atoms with van der Waals surface area (Å²) in [4.78, 5) is 14.9. The summed E-state index contributed by atoms with van der Waals surface area (Å²) < 4.78 is 6.11. The fraction of sp³-hybridized carbons (Fsp3) is 0.364. The molecule has 0 spiro atoms. The van der Waals surface area contributed by atoms with Gasteiger partial charge in [0.05, 0.1) is 6.42 Å². The summed E-state index contributed by atoms with van der Waals surface area (Å²) >= 11 is 0. The van der Waals surface area contributed by atoms with Crippen LogP contribution in [-0.4, -0.2) is 21.7 Å². The van der Waals surface area contributed by atoms with Gasteiger partial charge >= 0.3 is 5.97 Å². The molecule has 0 fully saturated rings. The van der Waals surface area contributed by atoms with Gasteiger partial charge in [0.1, 0.15) is 17.0 Å². The lowest BCUT2D eigenvalue weighted by Crippen LogP contribution is -2.41. The van der Waals surface area contributed by atoms with Crippen LogP contribution >= 0.6 is 0 Å². The molecule has 2 heterocycles. The highest BCUT2D eigenvalue weighted by atomic mass is 16.5. The quantitative estimate of drug-likeness (QED) is 0.834. The van der Waals surface area contributed by atoms with E-state index < -0.39 is 5.97 Å². The second-order valence-electron chi connectivity index (χ2n) is 8.01. The van der Waals surface area contributed by atoms with Crippen LogP contribution < -0.4 is 4.74 Å². The Kier molecular flexibility index (Phi) is 4.50. The molecule has 1 aliphatic rings. The van der Waals surface area contributed by atoms with Crippen LogP contribution in [0.15, 0.2) is 36.5 Å². The monoisotopic (exact) mass is 349 g/mol. The Balaban J connectivity index is 1.85. The summed E-state index contributed by atoms with van der Waals surface area (Å²) in [5, 5.41) is 8.79. The van der Waals surface area contributed by atoms with Gasteiger partial charge in [0.25, 0.3) is 0 Å². The summed E-state index contributed by atoms with van der Waals surface area (Å²) in [7, 11) is 0. The maximum absolute atomic E-state index is 10.7. The van der Waals surface area contributed by atoms with Crippen molar-refractivity contribution in [3.63, 3.8) is 0 Å². The van der Waals surface area contributed by atoms with Gasteiger partial charge in [-0.3, -0.25) is 4.79 Å². The molecule has 0 saturated carbocycles. The van der Waals surface area contributed by atoms with Crippen molar-refractivity contribution in [2.24, 2.45) is 0 Å². The molecule has 4 nitrogen and oxygen atoms in total.